The van der Waals surface area contributed by atoms with Crippen LogP contribution in [0.2, 0.25) is 0 Å². The van der Waals surface area contributed by atoms with Gasteiger partial charge >= 0.3 is 22.6 Å². The largest absolute Gasteiger partial charge is 0 e. The van der Waals surface area contributed by atoms with Crippen molar-refractivity contribution < 1.29 is 38.7 Å². The van der Waals surface area contributed by atoms with Crippen molar-refractivity contribution in [1.82, 2.24) is 0 Å². The van der Waals surface area contributed by atoms with Crippen LogP contribution in [-0.4, -0.2) is 5.78 Å². The average Bonchev–Trinajstić information content (AvgIpc) is 1.93. The number of carbonyl (C=O) groups excluding carboxylic acids is 1. The molecule has 0 bridgehead atoms. The summed E-state index contributed by atoms with van der Waals surface area (Å²) in [5.41, 5.74) is 0. The van der Waals surface area contributed by atoms with Gasteiger partial charge < -0.3 is 5.11 Å². The first-order valence-corrected chi connectivity index (χ1v) is 2.39. The third-order valence-electron chi connectivity index (χ3n) is 0.407. The van der Waals surface area contributed by atoms with Gasteiger partial charge in [0.2, 0.25) is 0 Å². The minimum atomic E-state index is -0.187. The van der Waals surface area contributed by atoms with Gasteiger partial charge in [0.1, 0.15) is 0 Å². The number of rotatable bonds is 1. The first kappa shape index (κ1) is 22.5. The monoisotopic (exact) mass is 258 g/mol. The molecule has 12 heavy (non-hydrogen) atoms. The molecule has 0 aliphatic carbocycles. The second-order valence-corrected chi connectivity index (χ2v) is 1.37. The molecule has 0 unspecified atom stereocenters. The van der Waals surface area contributed by atoms with Crippen LogP contribution in [0.3, 0.4) is 0 Å². The molecule has 0 saturated carbocycles. The van der Waals surface area contributed by atoms with Crippen LogP contribution in [0.5, 0.6) is 0 Å². The molecular weight excluding hydrogens is 251 g/mol. The molecule has 0 saturated heterocycles. The minimum Gasteiger partial charge on any atom is 0 e. The summed E-state index contributed by atoms with van der Waals surface area (Å²) in [4.78, 5) is 9.98. The SMILES string of the molecule is CC(=O)/C=C(/C)[O-].[C-]#[O+].[C-]#[O+].[Rh]. The maximum Gasteiger partial charge on any atom is 0 e. The van der Waals surface area contributed by atoms with Gasteiger partial charge in [-0.25, -0.2) is 0 Å². The van der Waals surface area contributed by atoms with Crippen LogP contribution in [-0.2, 0) is 33.6 Å². The van der Waals surface area contributed by atoms with Crippen molar-refractivity contribution in [3.05, 3.63) is 25.1 Å². The summed E-state index contributed by atoms with van der Waals surface area (Å²) >= 11 is 0. The molecule has 5 heteroatoms. The fourth-order valence-corrected chi connectivity index (χ4v) is 0.286. The van der Waals surface area contributed by atoms with E-state index >= 15 is 0 Å². The van der Waals surface area contributed by atoms with Crippen LogP contribution in [0.4, 0.5) is 0 Å². The van der Waals surface area contributed by atoms with E-state index in [1.165, 1.54) is 13.8 Å². The zero-order valence-electron chi connectivity index (χ0n) is 6.54. The van der Waals surface area contributed by atoms with Crippen LogP contribution in [0.1, 0.15) is 13.8 Å². The van der Waals surface area contributed by atoms with E-state index in [1.807, 2.05) is 0 Å². The van der Waals surface area contributed by atoms with Gasteiger partial charge in [-0.15, -0.1) is 5.76 Å². The van der Waals surface area contributed by atoms with Crippen LogP contribution >= 0.6 is 0 Å². The number of allylic oxidation sites excluding steroid dienone is 2. The Labute approximate surface area is 83.9 Å². The molecule has 0 fully saturated rings. The molecule has 0 amide bonds. The minimum absolute atomic E-state index is 0. The maximum atomic E-state index is 9.98. The maximum absolute atomic E-state index is 9.98. The van der Waals surface area contributed by atoms with E-state index in [0.717, 1.165) is 6.08 Å². The molecule has 0 aromatic heterocycles. The van der Waals surface area contributed by atoms with E-state index < -0.39 is 0 Å². The van der Waals surface area contributed by atoms with Gasteiger partial charge in [-0.05, 0) is 13.0 Å². The molecule has 0 heterocycles. The quantitative estimate of drug-likeness (QED) is 0.214. The van der Waals surface area contributed by atoms with Gasteiger partial charge in [0, 0.05) is 19.5 Å². The number of ketones is 1. The number of hydrogen-bond acceptors (Lipinski definition) is 2. The smallest absolute Gasteiger partial charge is 0 e. The third-order valence-corrected chi connectivity index (χ3v) is 0.407. The Hall–Kier alpha value is -0.687. The van der Waals surface area contributed by atoms with Crippen molar-refractivity contribution in [2.45, 2.75) is 13.8 Å². The van der Waals surface area contributed by atoms with Crippen molar-refractivity contribution in [3.63, 3.8) is 0 Å². The van der Waals surface area contributed by atoms with Gasteiger partial charge in [0.05, 0.1) is 0 Å². The molecule has 1 radical (unpaired) electrons. The van der Waals surface area contributed by atoms with Gasteiger partial charge in [-0.1, -0.05) is 6.92 Å². The fourth-order valence-electron chi connectivity index (χ4n) is 0.286. The summed E-state index contributed by atoms with van der Waals surface area (Å²) in [7, 11) is 0. The molecule has 0 atom stereocenters. The van der Waals surface area contributed by atoms with E-state index in [2.05, 4.69) is 13.3 Å². The zero-order chi connectivity index (χ0) is 9.86. The van der Waals surface area contributed by atoms with Crippen molar-refractivity contribution in [3.8, 4) is 0 Å². The standard InChI is InChI=1S/C5H8O2.2CO.Rh/c1-4(6)3-5(2)7;2*1-2;/h3,6H,1-2H3;;;/p-1/b4-3-;;;. The molecule has 0 rings (SSSR count). The van der Waals surface area contributed by atoms with E-state index in [4.69, 9.17) is 9.30 Å². The zero-order valence-corrected chi connectivity index (χ0v) is 8.18. The Morgan fingerprint density at radius 3 is 1.50 bits per heavy atom. The summed E-state index contributed by atoms with van der Waals surface area (Å²) in [6, 6.07) is 0. The molecular formula is C7H7O4Rh-. The van der Waals surface area contributed by atoms with Gasteiger partial charge in [0.25, 0.3) is 0 Å². The molecule has 0 N–H and O–H groups in total. The normalized spacial score (nSPS) is 7.00. The molecule has 0 aliphatic rings. The number of carbonyl (C=O) groups is 1. The summed E-state index contributed by atoms with van der Waals surface area (Å²) in [6.07, 6.45) is 1.06. The van der Waals surface area contributed by atoms with E-state index in [1.54, 1.807) is 0 Å². The topological polar surface area (TPSA) is 79.9 Å². The Bertz CT molecular complexity index is 159. The van der Waals surface area contributed by atoms with Crippen LogP contribution < -0.4 is 5.11 Å². The Balaban J connectivity index is -0.0000000560. The third kappa shape index (κ3) is 58.6. The second-order valence-electron chi connectivity index (χ2n) is 1.37. The number of hydrogen-bond donors (Lipinski definition) is 0. The van der Waals surface area contributed by atoms with Gasteiger partial charge in [0.15, 0.2) is 5.78 Å². The molecule has 0 aromatic rings. The molecule has 69 valence electrons. The van der Waals surface area contributed by atoms with Crippen LogP contribution in [0.15, 0.2) is 11.8 Å². The van der Waals surface area contributed by atoms with E-state index in [9.17, 15) is 9.90 Å². The first-order chi connectivity index (χ1) is 5.13. The Morgan fingerprint density at radius 1 is 1.25 bits per heavy atom. The fraction of sp³-hybridized carbons (Fsp3) is 0.286. The summed E-state index contributed by atoms with van der Waals surface area (Å²) in [5.74, 6) is -0.375. The van der Waals surface area contributed by atoms with Crippen LogP contribution in [0.25, 0.3) is 0 Å². The van der Waals surface area contributed by atoms with Crippen molar-refractivity contribution in [1.29, 1.82) is 0 Å². The van der Waals surface area contributed by atoms with E-state index in [-0.39, 0.29) is 31.0 Å². The van der Waals surface area contributed by atoms with Crippen molar-refractivity contribution in [2.75, 3.05) is 0 Å². The molecule has 0 spiro atoms. The van der Waals surface area contributed by atoms with Crippen molar-refractivity contribution >= 4 is 5.78 Å². The Morgan fingerprint density at radius 2 is 1.50 bits per heavy atom. The van der Waals surface area contributed by atoms with E-state index in [0.29, 0.717) is 0 Å². The molecule has 4 nitrogen and oxygen atoms in total. The first-order valence-electron chi connectivity index (χ1n) is 2.39. The van der Waals surface area contributed by atoms with Crippen LogP contribution in [0, 0.1) is 13.3 Å². The predicted octanol–water partition coefficient (Wildman–Crippen LogP) is -0.238. The molecule has 0 aromatic carbocycles. The Kier molecular flexibility index (Phi) is 42.1. The predicted molar refractivity (Wildman–Crippen MR) is 32.3 cm³/mol. The van der Waals surface area contributed by atoms with Gasteiger partial charge in [-0.3, -0.25) is 4.79 Å². The average molecular weight is 258 g/mol. The molecule has 0 aliphatic heterocycles. The van der Waals surface area contributed by atoms with Gasteiger partial charge in [-0.2, -0.15) is 0 Å². The summed E-state index contributed by atoms with van der Waals surface area (Å²) in [5, 5.41) is 9.98. The summed E-state index contributed by atoms with van der Waals surface area (Å²) in [6.45, 7) is 11.7. The van der Waals surface area contributed by atoms with Crippen molar-refractivity contribution in [2.24, 2.45) is 0 Å². The summed E-state index contributed by atoms with van der Waals surface area (Å²) < 4.78 is 15.0. The second kappa shape index (κ2) is 22.4.